The van der Waals surface area contributed by atoms with Crippen LogP contribution in [0.4, 0.5) is 11.4 Å². The third-order valence-corrected chi connectivity index (χ3v) is 3.15. The Morgan fingerprint density at radius 1 is 1.42 bits per heavy atom. The van der Waals surface area contributed by atoms with Crippen molar-refractivity contribution in [3.8, 4) is 5.75 Å². The second-order valence-electron chi connectivity index (χ2n) is 4.36. The van der Waals surface area contributed by atoms with E-state index in [2.05, 4.69) is 4.74 Å². The summed E-state index contributed by atoms with van der Waals surface area (Å²) >= 11 is 0. The minimum Gasteiger partial charge on any atom is -0.495 e. The predicted octanol–water partition coefficient (Wildman–Crippen LogP) is 0.803. The number of ether oxygens (including phenoxy) is 2. The lowest BCUT2D eigenvalue weighted by Crippen LogP contribution is -2.26. The van der Waals surface area contributed by atoms with Gasteiger partial charge in [0, 0.05) is 18.7 Å². The smallest absolute Gasteiger partial charge is 0.311 e. The van der Waals surface area contributed by atoms with Crippen LogP contribution in [0.15, 0.2) is 18.2 Å². The Balaban J connectivity index is 2.30. The standard InChI is InChI=1S/C13H16N2O4/c1-18-11-4-3-9(14)6-10(11)15-7-8(5-12(15)16)13(17)19-2/h3-4,6,8H,5,7,14H2,1-2H3/t8-/m1/s1. The third kappa shape index (κ3) is 2.47. The molecule has 2 N–H and O–H groups in total. The van der Waals surface area contributed by atoms with Gasteiger partial charge in [0.25, 0.3) is 0 Å². The fourth-order valence-electron chi connectivity index (χ4n) is 2.18. The van der Waals surface area contributed by atoms with E-state index in [0.717, 1.165) is 0 Å². The quantitative estimate of drug-likeness (QED) is 0.645. The zero-order valence-electron chi connectivity index (χ0n) is 10.9. The molecule has 1 saturated heterocycles. The number of esters is 1. The van der Waals surface area contributed by atoms with Gasteiger partial charge in [0.1, 0.15) is 5.75 Å². The van der Waals surface area contributed by atoms with Crippen LogP contribution in [0.1, 0.15) is 6.42 Å². The molecule has 1 amide bonds. The van der Waals surface area contributed by atoms with Crippen molar-refractivity contribution in [2.24, 2.45) is 5.92 Å². The molecule has 6 nitrogen and oxygen atoms in total. The Hall–Kier alpha value is -2.24. The number of anilines is 2. The van der Waals surface area contributed by atoms with Gasteiger partial charge < -0.3 is 20.1 Å². The Bertz CT molecular complexity index is 515. The molecule has 0 aliphatic carbocycles. The maximum absolute atomic E-state index is 12.0. The SMILES string of the molecule is COC(=O)[C@@H]1CC(=O)N(c2cc(N)ccc2OC)C1. The molecule has 0 aromatic heterocycles. The van der Waals surface area contributed by atoms with Crippen LogP contribution in [0.2, 0.25) is 0 Å². The molecular formula is C13H16N2O4. The van der Waals surface area contributed by atoms with Gasteiger partial charge in [-0.15, -0.1) is 0 Å². The summed E-state index contributed by atoms with van der Waals surface area (Å²) in [4.78, 5) is 25.0. The van der Waals surface area contributed by atoms with E-state index >= 15 is 0 Å². The number of amides is 1. The molecule has 0 spiro atoms. The maximum atomic E-state index is 12.0. The van der Waals surface area contributed by atoms with Crippen molar-refractivity contribution in [2.45, 2.75) is 6.42 Å². The molecule has 1 aliphatic rings. The maximum Gasteiger partial charge on any atom is 0.311 e. The molecule has 102 valence electrons. The Morgan fingerprint density at radius 2 is 2.16 bits per heavy atom. The van der Waals surface area contributed by atoms with Gasteiger partial charge in [-0.2, -0.15) is 0 Å². The third-order valence-electron chi connectivity index (χ3n) is 3.15. The zero-order chi connectivity index (χ0) is 14.0. The molecule has 1 aromatic rings. The van der Waals surface area contributed by atoms with Gasteiger partial charge in [-0.05, 0) is 18.2 Å². The van der Waals surface area contributed by atoms with Gasteiger partial charge >= 0.3 is 5.97 Å². The van der Waals surface area contributed by atoms with Gasteiger partial charge in [0.05, 0.1) is 25.8 Å². The first-order chi connectivity index (χ1) is 9.06. The minimum absolute atomic E-state index is 0.140. The molecule has 1 atom stereocenters. The van der Waals surface area contributed by atoms with Crippen LogP contribution < -0.4 is 15.4 Å². The molecule has 0 radical (unpaired) electrons. The summed E-state index contributed by atoms with van der Waals surface area (Å²) in [6.07, 6.45) is 0.143. The van der Waals surface area contributed by atoms with Gasteiger partial charge in [0.15, 0.2) is 0 Å². The first-order valence-corrected chi connectivity index (χ1v) is 5.88. The lowest BCUT2D eigenvalue weighted by molar-refractivity contribution is -0.145. The summed E-state index contributed by atoms with van der Waals surface area (Å²) < 4.78 is 9.89. The summed E-state index contributed by atoms with van der Waals surface area (Å²) in [5.74, 6) is -0.408. The summed E-state index contributed by atoms with van der Waals surface area (Å²) in [6, 6.07) is 5.06. The van der Waals surface area contributed by atoms with Crippen LogP contribution in [0.3, 0.4) is 0 Å². The number of methoxy groups -OCH3 is 2. The minimum atomic E-state index is -0.441. The number of rotatable bonds is 3. The van der Waals surface area contributed by atoms with E-state index in [1.807, 2.05) is 0 Å². The highest BCUT2D eigenvalue weighted by Crippen LogP contribution is 2.34. The van der Waals surface area contributed by atoms with Crippen LogP contribution in [-0.4, -0.2) is 32.6 Å². The predicted molar refractivity (Wildman–Crippen MR) is 69.9 cm³/mol. The Kier molecular flexibility index (Phi) is 3.59. The summed E-state index contributed by atoms with van der Waals surface area (Å²) in [5.41, 5.74) is 6.85. The van der Waals surface area contributed by atoms with Crippen molar-refractivity contribution < 1.29 is 19.1 Å². The number of nitrogens with two attached hydrogens (primary N) is 1. The van der Waals surface area contributed by atoms with Crippen LogP contribution in [-0.2, 0) is 14.3 Å². The van der Waals surface area contributed by atoms with E-state index < -0.39 is 5.92 Å². The normalized spacial score (nSPS) is 18.5. The van der Waals surface area contributed by atoms with Gasteiger partial charge in [0.2, 0.25) is 5.91 Å². The molecule has 0 unspecified atom stereocenters. The Labute approximate surface area is 111 Å². The van der Waals surface area contributed by atoms with Crippen LogP contribution >= 0.6 is 0 Å². The fourth-order valence-corrected chi connectivity index (χ4v) is 2.18. The van der Waals surface area contributed by atoms with Crippen LogP contribution in [0.5, 0.6) is 5.75 Å². The van der Waals surface area contributed by atoms with Crippen molar-refractivity contribution in [2.75, 3.05) is 31.4 Å². The second-order valence-corrected chi connectivity index (χ2v) is 4.36. The molecule has 0 saturated carbocycles. The van der Waals surface area contributed by atoms with Crippen molar-refractivity contribution in [3.63, 3.8) is 0 Å². The van der Waals surface area contributed by atoms with E-state index in [9.17, 15) is 9.59 Å². The van der Waals surface area contributed by atoms with E-state index in [1.165, 1.54) is 19.1 Å². The average molecular weight is 264 g/mol. The van der Waals surface area contributed by atoms with Crippen molar-refractivity contribution in [1.82, 2.24) is 0 Å². The lowest BCUT2D eigenvalue weighted by Gasteiger charge is -2.19. The molecule has 0 bridgehead atoms. The highest BCUT2D eigenvalue weighted by atomic mass is 16.5. The topological polar surface area (TPSA) is 81.9 Å². The van der Waals surface area contributed by atoms with Gasteiger partial charge in [-0.25, -0.2) is 0 Å². The molecule has 2 rings (SSSR count). The van der Waals surface area contributed by atoms with Crippen LogP contribution in [0, 0.1) is 5.92 Å². The second kappa shape index (κ2) is 5.17. The van der Waals surface area contributed by atoms with E-state index in [-0.39, 0.29) is 24.8 Å². The monoisotopic (exact) mass is 264 g/mol. The highest BCUT2D eigenvalue weighted by molar-refractivity contribution is 6.00. The number of carbonyl (C=O) groups excluding carboxylic acids is 2. The van der Waals surface area contributed by atoms with Crippen molar-refractivity contribution in [1.29, 1.82) is 0 Å². The molecule has 19 heavy (non-hydrogen) atoms. The number of carbonyl (C=O) groups is 2. The molecule has 1 aromatic carbocycles. The Morgan fingerprint density at radius 3 is 2.79 bits per heavy atom. The number of hydrogen-bond donors (Lipinski definition) is 1. The first-order valence-electron chi connectivity index (χ1n) is 5.88. The summed E-state index contributed by atoms with van der Waals surface area (Å²) in [6.45, 7) is 0.283. The molecule has 1 aliphatic heterocycles. The summed E-state index contributed by atoms with van der Waals surface area (Å²) in [5, 5.41) is 0. The lowest BCUT2D eigenvalue weighted by atomic mass is 10.1. The number of nitrogen functional groups attached to an aromatic ring is 1. The van der Waals surface area contributed by atoms with E-state index in [1.54, 1.807) is 18.2 Å². The van der Waals surface area contributed by atoms with E-state index in [0.29, 0.717) is 17.1 Å². The number of nitrogens with zero attached hydrogens (tertiary/aromatic N) is 1. The molecule has 6 heteroatoms. The number of hydrogen-bond acceptors (Lipinski definition) is 5. The van der Waals surface area contributed by atoms with Crippen molar-refractivity contribution >= 4 is 23.3 Å². The largest absolute Gasteiger partial charge is 0.495 e. The summed E-state index contributed by atoms with van der Waals surface area (Å²) in [7, 11) is 2.84. The fraction of sp³-hybridized carbons (Fsp3) is 0.385. The first kappa shape index (κ1) is 13.2. The molecule has 1 heterocycles. The van der Waals surface area contributed by atoms with Crippen LogP contribution in [0.25, 0.3) is 0 Å². The zero-order valence-corrected chi connectivity index (χ0v) is 10.9. The van der Waals surface area contributed by atoms with Crippen molar-refractivity contribution in [3.05, 3.63) is 18.2 Å². The highest BCUT2D eigenvalue weighted by Gasteiger charge is 2.36. The molecule has 1 fully saturated rings. The molecular weight excluding hydrogens is 248 g/mol. The number of benzene rings is 1. The average Bonchev–Trinajstić information content (AvgIpc) is 2.79. The van der Waals surface area contributed by atoms with Gasteiger partial charge in [-0.3, -0.25) is 9.59 Å². The van der Waals surface area contributed by atoms with Gasteiger partial charge in [-0.1, -0.05) is 0 Å². The van der Waals surface area contributed by atoms with E-state index in [4.69, 9.17) is 10.5 Å².